The molecule has 1 aromatic rings. The van der Waals surface area contributed by atoms with Crippen molar-refractivity contribution in [2.45, 2.75) is 96.7 Å². The molecule has 0 heterocycles. The Labute approximate surface area is 200 Å². The molecule has 1 aromatic carbocycles. The smallest absolute Gasteiger partial charge is 1.00 e. The molecule has 5 rings (SSSR count). The molecular weight excluding hydrogens is 437 g/mol. The van der Waals surface area contributed by atoms with Crippen molar-refractivity contribution < 1.29 is 21.4 Å². The summed E-state index contributed by atoms with van der Waals surface area (Å²) < 4.78 is 6.86. The Kier molecular flexibility index (Phi) is 6.69. The van der Waals surface area contributed by atoms with Crippen LogP contribution >= 0.6 is 0 Å². The molecular formula is C24H37BrMgOSi. The maximum absolute atomic E-state index is 6.86. The summed E-state index contributed by atoms with van der Waals surface area (Å²) in [5.74, 6) is 2.05. The van der Waals surface area contributed by atoms with Crippen LogP contribution in [-0.2, 0) is 5.41 Å². The van der Waals surface area contributed by atoms with E-state index in [-0.39, 0.29) is 45.1 Å². The average Bonchev–Trinajstić information content (AvgIpc) is 2.42. The topological polar surface area (TPSA) is 9.23 Å². The van der Waals surface area contributed by atoms with Gasteiger partial charge in [-0.1, -0.05) is 34.6 Å². The summed E-state index contributed by atoms with van der Waals surface area (Å²) >= 11 is 0. The van der Waals surface area contributed by atoms with Gasteiger partial charge in [0, 0.05) is 0 Å². The zero-order chi connectivity index (χ0) is 19.0. The van der Waals surface area contributed by atoms with E-state index in [0.29, 0.717) is 16.2 Å². The van der Waals surface area contributed by atoms with E-state index >= 15 is 0 Å². The first kappa shape index (κ1) is 24.7. The van der Waals surface area contributed by atoms with E-state index in [1.54, 1.807) is 0 Å². The molecule has 152 valence electrons. The fourth-order valence-electron chi connectivity index (χ4n) is 7.11. The molecule has 4 heteroatoms. The van der Waals surface area contributed by atoms with Crippen molar-refractivity contribution in [2.24, 2.45) is 16.7 Å². The van der Waals surface area contributed by atoms with E-state index in [2.05, 4.69) is 72.0 Å². The number of hydrogen-bond donors (Lipinski definition) is 0. The summed E-state index contributed by atoms with van der Waals surface area (Å²) in [6.45, 7) is 16.9. The van der Waals surface area contributed by atoms with Crippen LogP contribution in [0.4, 0.5) is 0 Å². The van der Waals surface area contributed by atoms with E-state index in [4.69, 9.17) is 4.43 Å². The van der Waals surface area contributed by atoms with Crippen molar-refractivity contribution in [1.82, 2.24) is 0 Å². The van der Waals surface area contributed by atoms with Crippen LogP contribution < -0.4 is 21.4 Å². The molecule has 0 N–H and O–H groups in total. The number of hydrogen-bond acceptors (Lipinski definition) is 1. The fraction of sp³-hybridized carbons (Fsp3) is 0.750. The third-order valence-electron chi connectivity index (χ3n) is 8.20. The molecule has 0 saturated heterocycles. The van der Waals surface area contributed by atoms with Crippen LogP contribution in [0.5, 0.6) is 5.75 Å². The molecule has 0 radical (unpaired) electrons. The molecule has 4 fully saturated rings. The minimum atomic E-state index is -1.85. The summed E-state index contributed by atoms with van der Waals surface area (Å²) in [7, 11) is -1.85. The van der Waals surface area contributed by atoms with E-state index in [1.807, 2.05) is 0 Å². The second-order valence-electron chi connectivity index (χ2n) is 12.2. The Balaban J connectivity index is 0.00000140. The van der Waals surface area contributed by atoms with E-state index in [9.17, 15) is 0 Å². The van der Waals surface area contributed by atoms with Crippen LogP contribution in [-0.4, -0.2) is 31.4 Å². The van der Waals surface area contributed by atoms with Gasteiger partial charge in [0.1, 0.15) is 0 Å². The van der Waals surface area contributed by atoms with E-state index < -0.39 is 8.32 Å². The van der Waals surface area contributed by atoms with Gasteiger partial charge in [-0.15, -0.1) is 11.6 Å². The Hall–Kier alpha value is 0.483. The molecule has 4 saturated carbocycles. The molecule has 4 bridgehead atoms. The quantitative estimate of drug-likeness (QED) is 0.480. The predicted molar refractivity (Wildman–Crippen MR) is 118 cm³/mol. The molecule has 4 aliphatic carbocycles. The van der Waals surface area contributed by atoms with Gasteiger partial charge in [0.15, 0.2) is 0 Å². The summed E-state index contributed by atoms with van der Waals surface area (Å²) in [6, 6.07) is 9.93. The first-order chi connectivity index (χ1) is 11.9. The Morgan fingerprint density at radius 3 is 2.11 bits per heavy atom. The Bertz CT molecular complexity index is 708. The van der Waals surface area contributed by atoms with Gasteiger partial charge < -0.3 is 21.4 Å². The van der Waals surface area contributed by atoms with E-state index in [1.165, 1.54) is 44.1 Å². The van der Waals surface area contributed by atoms with Crippen LogP contribution in [0, 0.1) is 22.8 Å². The third kappa shape index (κ3) is 4.14. The summed E-state index contributed by atoms with van der Waals surface area (Å²) in [6.07, 6.45) is 8.39. The standard InChI is InChI=1S/C24H37OSi.BrH.Mg/c1-21(2,3)26(6,7)25-20-11-9-8-10-19(20)24-14-18-12-22(4,16-24)15-23(5,13-18)17-24;;/h8,10-11,18H,12-17H2,1-7H3;1H;/q-1;;+2/p-1. The Morgan fingerprint density at radius 2 is 1.61 bits per heavy atom. The molecule has 2 unspecified atom stereocenters. The van der Waals surface area contributed by atoms with Crippen molar-refractivity contribution in [1.29, 1.82) is 0 Å². The monoisotopic (exact) mass is 472 g/mol. The third-order valence-corrected chi connectivity index (χ3v) is 12.5. The number of rotatable bonds is 3. The predicted octanol–water partition coefficient (Wildman–Crippen LogP) is 3.74. The fourth-order valence-corrected chi connectivity index (χ4v) is 8.14. The van der Waals surface area contributed by atoms with Crippen LogP contribution in [0.1, 0.15) is 78.7 Å². The molecule has 28 heavy (non-hydrogen) atoms. The first-order valence-electron chi connectivity index (χ1n) is 10.6. The zero-order valence-corrected chi connectivity index (χ0v) is 23.0. The Morgan fingerprint density at radius 1 is 1.04 bits per heavy atom. The van der Waals surface area contributed by atoms with Crippen molar-refractivity contribution >= 4 is 31.4 Å². The second kappa shape index (κ2) is 7.56. The summed E-state index contributed by atoms with van der Waals surface area (Å²) in [5, 5.41) is 0.222. The van der Waals surface area contributed by atoms with Gasteiger partial charge in [-0.3, -0.25) is 0 Å². The maximum atomic E-state index is 6.86. The molecule has 0 aromatic heterocycles. The normalized spacial score (nSPS) is 36.5. The number of benzene rings is 1. The molecule has 0 aliphatic heterocycles. The summed E-state index contributed by atoms with van der Waals surface area (Å²) in [5.41, 5.74) is 2.89. The van der Waals surface area contributed by atoms with Gasteiger partial charge in [0.25, 0.3) is 0 Å². The van der Waals surface area contributed by atoms with Crippen LogP contribution in [0.3, 0.4) is 0 Å². The average molecular weight is 474 g/mol. The molecule has 0 amide bonds. The zero-order valence-electron chi connectivity index (χ0n) is 19.0. The first-order valence-corrected chi connectivity index (χ1v) is 13.5. The largest absolute Gasteiger partial charge is 2.00 e. The minimum Gasteiger partial charge on any atom is -1.00 e. The van der Waals surface area contributed by atoms with Gasteiger partial charge >= 0.3 is 23.1 Å². The van der Waals surface area contributed by atoms with Gasteiger partial charge in [-0.2, -0.15) is 18.2 Å². The van der Waals surface area contributed by atoms with Crippen LogP contribution in [0.15, 0.2) is 18.2 Å². The van der Waals surface area contributed by atoms with Gasteiger partial charge in [-0.25, -0.2) is 0 Å². The van der Waals surface area contributed by atoms with Gasteiger partial charge in [-0.05, 0) is 84.6 Å². The summed E-state index contributed by atoms with van der Waals surface area (Å²) in [4.78, 5) is 0. The molecule has 0 spiro atoms. The van der Waals surface area contributed by atoms with Crippen molar-refractivity contribution in [3.8, 4) is 5.75 Å². The second-order valence-corrected chi connectivity index (χ2v) is 16.9. The molecule has 2 atom stereocenters. The van der Waals surface area contributed by atoms with Crippen molar-refractivity contribution in [3.05, 3.63) is 29.8 Å². The maximum Gasteiger partial charge on any atom is 2.00 e. The minimum absolute atomic E-state index is 0. The van der Waals surface area contributed by atoms with E-state index in [0.717, 1.165) is 11.7 Å². The van der Waals surface area contributed by atoms with Crippen LogP contribution in [0.25, 0.3) is 0 Å². The number of halogens is 1. The SMILES string of the molecule is CC12CC3CC(C)(C1)CC(c1cc[c-]cc1O[Si](C)(C)C(C)(C)C)(C3)C2.[Br-].[Mg+2]. The van der Waals surface area contributed by atoms with Crippen molar-refractivity contribution in [2.75, 3.05) is 0 Å². The van der Waals surface area contributed by atoms with Crippen LogP contribution in [0.2, 0.25) is 18.1 Å². The van der Waals surface area contributed by atoms with Gasteiger partial charge in [0.2, 0.25) is 8.32 Å². The van der Waals surface area contributed by atoms with Gasteiger partial charge in [0.05, 0.1) is 0 Å². The molecule has 4 aliphatic rings. The molecule has 1 nitrogen and oxygen atoms in total. The van der Waals surface area contributed by atoms with Crippen molar-refractivity contribution in [3.63, 3.8) is 0 Å².